The average Bonchev–Trinajstić information content (AvgIpc) is 2.61. The molecule has 0 N–H and O–H groups in total. The number of hydrogen-bond acceptors (Lipinski definition) is 2. The molecule has 2 aromatic rings. The summed E-state index contributed by atoms with van der Waals surface area (Å²) in [5, 5.41) is 2.28. The monoisotopic (exact) mass is 304 g/mol. The lowest BCUT2D eigenvalue weighted by Gasteiger charge is -2.34. The summed E-state index contributed by atoms with van der Waals surface area (Å²) in [7, 11) is 1.69. The van der Waals surface area contributed by atoms with Crippen LogP contribution in [0, 0.1) is 5.92 Å². The van der Waals surface area contributed by atoms with Gasteiger partial charge in [0.1, 0.15) is 11.5 Å². The predicted octanol–water partition coefficient (Wildman–Crippen LogP) is 4.80. The van der Waals surface area contributed by atoms with Crippen molar-refractivity contribution in [1.29, 1.82) is 0 Å². The van der Waals surface area contributed by atoms with Gasteiger partial charge in [0, 0.05) is 12.0 Å². The van der Waals surface area contributed by atoms with Crippen LogP contribution in [0.15, 0.2) is 60.2 Å². The van der Waals surface area contributed by atoms with Crippen LogP contribution in [0.25, 0.3) is 10.8 Å². The van der Waals surface area contributed by atoms with Crippen molar-refractivity contribution in [3.8, 4) is 5.75 Å². The van der Waals surface area contributed by atoms with Gasteiger partial charge in [-0.25, -0.2) is 0 Å². The fourth-order valence-corrected chi connectivity index (χ4v) is 4.04. The Balaban J connectivity index is 1.97. The molecule has 0 radical (unpaired) electrons. The lowest BCUT2D eigenvalue weighted by molar-refractivity contribution is -0.121. The maximum absolute atomic E-state index is 12.8. The van der Waals surface area contributed by atoms with E-state index in [0.717, 1.165) is 34.9 Å². The van der Waals surface area contributed by atoms with Gasteiger partial charge < -0.3 is 4.74 Å². The van der Waals surface area contributed by atoms with Gasteiger partial charge in [-0.2, -0.15) is 0 Å². The van der Waals surface area contributed by atoms with Crippen molar-refractivity contribution in [2.45, 2.75) is 25.2 Å². The standard InChI is InChI=1S/C21H20O2/c1-23-19-13-11-15-7-3-5-9-17(15)21(19)20-16-8-4-2-6-14(16)10-12-18(20)22/h2-5,7-9,11,13-14,20H,6,10,12H2,1H3. The van der Waals surface area contributed by atoms with E-state index in [1.165, 1.54) is 5.57 Å². The molecule has 0 spiro atoms. The van der Waals surface area contributed by atoms with E-state index in [9.17, 15) is 4.79 Å². The van der Waals surface area contributed by atoms with E-state index in [-0.39, 0.29) is 5.92 Å². The summed E-state index contributed by atoms with van der Waals surface area (Å²) >= 11 is 0. The van der Waals surface area contributed by atoms with Crippen molar-refractivity contribution in [2.75, 3.05) is 7.11 Å². The first-order valence-corrected chi connectivity index (χ1v) is 8.24. The Morgan fingerprint density at radius 3 is 2.87 bits per heavy atom. The highest BCUT2D eigenvalue weighted by molar-refractivity contribution is 5.98. The van der Waals surface area contributed by atoms with Gasteiger partial charge in [-0.15, -0.1) is 0 Å². The second-order valence-electron chi connectivity index (χ2n) is 6.37. The molecule has 116 valence electrons. The molecule has 0 aliphatic heterocycles. The molecule has 0 amide bonds. The summed E-state index contributed by atoms with van der Waals surface area (Å²) < 4.78 is 5.64. The summed E-state index contributed by atoms with van der Waals surface area (Å²) in [4.78, 5) is 12.8. The van der Waals surface area contributed by atoms with Crippen LogP contribution in [0.2, 0.25) is 0 Å². The molecule has 1 saturated carbocycles. The Hall–Kier alpha value is -2.35. The van der Waals surface area contributed by atoms with E-state index in [2.05, 4.69) is 36.4 Å². The predicted molar refractivity (Wildman–Crippen MR) is 92.8 cm³/mol. The molecular weight excluding hydrogens is 284 g/mol. The molecule has 0 aromatic heterocycles. The second kappa shape index (κ2) is 5.69. The zero-order valence-corrected chi connectivity index (χ0v) is 13.3. The fourth-order valence-electron chi connectivity index (χ4n) is 4.04. The number of ketones is 1. The molecule has 4 rings (SSSR count). The van der Waals surface area contributed by atoms with Crippen molar-refractivity contribution in [3.63, 3.8) is 0 Å². The van der Waals surface area contributed by atoms with Crippen LogP contribution in [-0.2, 0) is 4.79 Å². The molecule has 2 aliphatic carbocycles. The Kier molecular flexibility index (Phi) is 3.53. The Bertz CT molecular complexity index is 829. The van der Waals surface area contributed by atoms with Crippen LogP contribution >= 0.6 is 0 Å². The fraction of sp³-hybridized carbons (Fsp3) is 0.286. The molecule has 23 heavy (non-hydrogen) atoms. The SMILES string of the molecule is COc1ccc2ccccc2c1C1C(=O)CCC2CC=CC=C21. The van der Waals surface area contributed by atoms with Crippen LogP contribution in [0.4, 0.5) is 0 Å². The number of methoxy groups -OCH3 is 1. The first kappa shape index (κ1) is 14.3. The van der Waals surface area contributed by atoms with Crippen LogP contribution in [0.5, 0.6) is 5.75 Å². The summed E-state index contributed by atoms with van der Waals surface area (Å²) in [6.07, 6.45) is 9.13. The number of ether oxygens (including phenoxy) is 1. The van der Waals surface area contributed by atoms with Gasteiger partial charge in [0.05, 0.1) is 13.0 Å². The number of rotatable bonds is 2. The minimum atomic E-state index is -0.167. The van der Waals surface area contributed by atoms with Gasteiger partial charge in [0.15, 0.2) is 0 Å². The molecule has 2 aromatic carbocycles. The summed E-state index contributed by atoms with van der Waals surface area (Å²) in [5.41, 5.74) is 2.31. The zero-order valence-electron chi connectivity index (χ0n) is 13.3. The molecule has 0 bridgehead atoms. The molecule has 2 nitrogen and oxygen atoms in total. The van der Waals surface area contributed by atoms with E-state index in [0.29, 0.717) is 18.1 Å². The number of carbonyl (C=O) groups is 1. The minimum Gasteiger partial charge on any atom is -0.496 e. The second-order valence-corrected chi connectivity index (χ2v) is 6.37. The van der Waals surface area contributed by atoms with Crippen molar-refractivity contribution in [3.05, 3.63) is 65.8 Å². The summed E-state index contributed by atoms with van der Waals surface area (Å²) in [6, 6.07) is 12.3. The molecule has 2 aliphatic rings. The van der Waals surface area contributed by atoms with Crippen LogP contribution < -0.4 is 4.74 Å². The van der Waals surface area contributed by atoms with Gasteiger partial charge >= 0.3 is 0 Å². The van der Waals surface area contributed by atoms with Crippen molar-refractivity contribution < 1.29 is 9.53 Å². The lowest BCUT2D eigenvalue weighted by atomic mass is 9.69. The molecule has 2 unspecified atom stereocenters. The molecular formula is C21H20O2. The van der Waals surface area contributed by atoms with E-state index in [4.69, 9.17) is 4.74 Å². The van der Waals surface area contributed by atoms with Gasteiger partial charge in [0.25, 0.3) is 0 Å². The third kappa shape index (κ3) is 2.29. The minimum absolute atomic E-state index is 0.167. The molecule has 2 heteroatoms. The third-order valence-corrected chi connectivity index (χ3v) is 5.15. The van der Waals surface area contributed by atoms with Gasteiger partial charge in [-0.05, 0) is 35.6 Å². The first-order valence-electron chi connectivity index (χ1n) is 8.24. The molecule has 2 atom stereocenters. The Morgan fingerprint density at radius 2 is 2.00 bits per heavy atom. The average molecular weight is 304 g/mol. The number of allylic oxidation sites excluding steroid dienone is 4. The van der Waals surface area contributed by atoms with Gasteiger partial charge in [-0.1, -0.05) is 54.1 Å². The molecule has 1 fully saturated rings. The first-order chi connectivity index (χ1) is 11.3. The summed E-state index contributed by atoms with van der Waals surface area (Å²) in [6.45, 7) is 0. The van der Waals surface area contributed by atoms with Gasteiger partial charge in [-0.3, -0.25) is 4.79 Å². The van der Waals surface area contributed by atoms with E-state index in [1.54, 1.807) is 7.11 Å². The Labute approximate surface area is 136 Å². The highest BCUT2D eigenvalue weighted by atomic mass is 16.5. The lowest BCUT2D eigenvalue weighted by Crippen LogP contribution is -2.27. The third-order valence-electron chi connectivity index (χ3n) is 5.15. The van der Waals surface area contributed by atoms with Gasteiger partial charge in [0.2, 0.25) is 0 Å². The molecule has 0 heterocycles. The zero-order chi connectivity index (χ0) is 15.8. The number of fused-ring (bicyclic) bond motifs is 2. The smallest absolute Gasteiger partial charge is 0.144 e. The van der Waals surface area contributed by atoms with E-state index < -0.39 is 0 Å². The van der Waals surface area contributed by atoms with Crippen LogP contribution in [0.3, 0.4) is 0 Å². The highest BCUT2D eigenvalue weighted by Gasteiger charge is 2.37. The maximum atomic E-state index is 12.8. The van der Waals surface area contributed by atoms with Crippen LogP contribution in [0.1, 0.15) is 30.7 Å². The highest BCUT2D eigenvalue weighted by Crippen LogP contribution is 2.46. The quantitative estimate of drug-likeness (QED) is 0.797. The number of benzene rings is 2. The van der Waals surface area contributed by atoms with E-state index >= 15 is 0 Å². The van der Waals surface area contributed by atoms with Crippen molar-refractivity contribution in [1.82, 2.24) is 0 Å². The number of carbonyl (C=O) groups excluding carboxylic acids is 1. The largest absolute Gasteiger partial charge is 0.496 e. The van der Waals surface area contributed by atoms with E-state index in [1.807, 2.05) is 18.2 Å². The van der Waals surface area contributed by atoms with Crippen molar-refractivity contribution in [2.24, 2.45) is 5.92 Å². The van der Waals surface area contributed by atoms with Crippen LogP contribution in [-0.4, -0.2) is 12.9 Å². The topological polar surface area (TPSA) is 26.3 Å². The van der Waals surface area contributed by atoms with Crippen molar-refractivity contribution >= 4 is 16.6 Å². The Morgan fingerprint density at radius 1 is 1.13 bits per heavy atom. The number of Topliss-reactive ketones (excluding diaryl/α,β-unsaturated/α-hetero) is 1. The number of hydrogen-bond donors (Lipinski definition) is 0. The normalized spacial score (nSPS) is 23.5. The summed E-state index contributed by atoms with van der Waals surface area (Å²) in [5.74, 6) is 1.46. The molecule has 0 saturated heterocycles. The maximum Gasteiger partial charge on any atom is 0.144 e.